The number of ketones is 1. The van der Waals surface area contributed by atoms with Crippen LogP contribution in [0.5, 0.6) is 0 Å². The predicted octanol–water partition coefficient (Wildman–Crippen LogP) is 2.71. The zero-order valence-corrected chi connectivity index (χ0v) is 8.46. The summed E-state index contributed by atoms with van der Waals surface area (Å²) in [5.41, 5.74) is 0.499. The van der Waals surface area contributed by atoms with Crippen molar-refractivity contribution < 1.29 is 4.79 Å². The van der Waals surface area contributed by atoms with E-state index >= 15 is 0 Å². The van der Waals surface area contributed by atoms with Crippen molar-refractivity contribution in [2.45, 2.75) is 38.5 Å². The summed E-state index contributed by atoms with van der Waals surface area (Å²) < 4.78 is 0. The lowest BCUT2D eigenvalue weighted by molar-refractivity contribution is -0.189. The second-order valence-electron chi connectivity index (χ2n) is 5.76. The van der Waals surface area contributed by atoms with Crippen molar-refractivity contribution in [3.8, 4) is 0 Å². The molecule has 4 fully saturated rings. The maximum atomic E-state index is 12.1. The quantitative estimate of drug-likeness (QED) is 0.571. The van der Waals surface area contributed by atoms with E-state index in [0.29, 0.717) is 11.2 Å². The van der Waals surface area contributed by atoms with Crippen molar-refractivity contribution in [1.82, 2.24) is 0 Å². The lowest BCUT2D eigenvalue weighted by Crippen LogP contribution is -2.64. The summed E-state index contributed by atoms with van der Waals surface area (Å²) in [5.74, 6) is 2.07. The Bertz CT molecular complexity index is 348. The van der Waals surface area contributed by atoms with Gasteiger partial charge in [0.05, 0.1) is 0 Å². The van der Waals surface area contributed by atoms with E-state index < -0.39 is 0 Å². The minimum Gasteiger partial charge on any atom is -0.294 e. The van der Waals surface area contributed by atoms with Gasteiger partial charge in [0, 0.05) is 10.8 Å². The van der Waals surface area contributed by atoms with Gasteiger partial charge in [-0.1, -0.05) is 6.08 Å². The van der Waals surface area contributed by atoms with Gasteiger partial charge in [-0.15, -0.1) is 0 Å². The Kier molecular flexibility index (Phi) is 1.10. The Balaban J connectivity index is 1.94. The SMILES string of the molecule is O=C1C=CC23CCC12C1CCC3CC1. The van der Waals surface area contributed by atoms with Crippen LogP contribution in [0.3, 0.4) is 0 Å². The zero-order chi connectivity index (χ0) is 9.39. The summed E-state index contributed by atoms with van der Waals surface area (Å²) in [4.78, 5) is 12.1. The highest BCUT2D eigenvalue weighted by Crippen LogP contribution is 2.76. The van der Waals surface area contributed by atoms with Crippen molar-refractivity contribution >= 4 is 5.78 Å². The molecule has 0 saturated heterocycles. The molecule has 0 radical (unpaired) electrons. The lowest BCUT2D eigenvalue weighted by atomic mass is 9.35. The van der Waals surface area contributed by atoms with Gasteiger partial charge in [-0.25, -0.2) is 0 Å². The van der Waals surface area contributed by atoms with Crippen molar-refractivity contribution in [3.05, 3.63) is 12.2 Å². The molecule has 0 heterocycles. The normalized spacial score (nSPS) is 58.1. The van der Waals surface area contributed by atoms with Crippen LogP contribution >= 0.6 is 0 Å². The Hall–Kier alpha value is -0.590. The highest BCUT2D eigenvalue weighted by atomic mass is 16.1. The molecular formula is C13H16O. The number of allylic oxidation sites excluding steroid dienone is 2. The first kappa shape index (κ1) is 7.67. The molecule has 5 aliphatic carbocycles. The van der Waals surface area contributed by atoms with Gasteiger partial charge in [0.2, 0.25) is 0 Å². The maximum absolute atomic E-state index is 12.1. The third kappa shape index (κ3) is 0.506. The molecule has 0 aliphatic heterocycles. The van der Waals surface area contributed by atoms with Crippen molar-refractivity contribution in [2.75, 3.05) is 0 Å². The van der Waals surface area contributed by atoms with E-state index in [-0.39, 0.29) is 5.41 Å². The summed E-state index contributed by atoms with van der Waals surface area (Å²) >= 11 is 0. The number of hydrogen-bond donors (Lipinski definition) is 0. The zero-order valence-electron chi connectivity index (χ0n) is 8.46. The maximum Gasteiger partial charge on any atom is 0.162 e. The molecule has 0 spiro atoms. The van der Waals surface area contributed by atoms with E-state index in [1.807, 2.05) is 6.08 Å². The van der Waals surface area contributed by atoms with E-state index in [4.69, 9.17) is 0 Å². The number of hydrogen-bond acceptors (Lipinski definition) is 1. The minimum atomic E-state index is 0.133. The Morgan fingerprint density at radius 1 is 1.07 bits per heavy atom. The first-order valence-electron chi connectivity index (χ1n) is 6.03. The minimum absolute atomic E-state index is 0.133. The number of carbonyl (C=O) groups excluding carboxylic acids is 1. The van der Waals surface area contributed by atoms with Crippen molar-refractivity contribution in [3.63, 3.8) is 0 Å². The molecule has 0 aromatic carbocycles. The summed E-state index contributed by atoms with van der Waals surface area (Å²) in [5, 5.41) is 0. The molecule has 14 heavy (non-hydrogen) atoms. The molecule has 0 aromatic heterocycles. The molecule has 2 unspecified atom stereocenters. The van der Waals surface area contributed by atoms with E-state index in [1.165, 1.54) is 38.5 Å². The van der Waals surface area contributed by atoms with E-state index in [1.54, 1.807) is 0 Å². The molecule has 0 N–H and O–H groups in total. The van der Waals surface area contributed by atoms with Crippen LogP contribution in [0.2, 0.25) is 0 Å². The molecule has 5 rings (SSSR count). The summed E-state index contributed by atoms with van der Waals surface area (Å²) in [7, 11) is 0. The molecule has 1 heteroatoms. The van der Waals surface area contributed by atoms with Crippen LogP contribution in [0.4, 0.5) is 0 Å². The average molecular weight is 188 g/mol. The molecule has 4 saturated carbocycles. The smallest absolute Gasteiger partial charge is 0.162 e. The predicted molar refractivity (Wildman–Crippen MR) is 53.7 cm³/mol. The Morgan fingerprint density at radius 2 is 1.79 bits per heavy atom. The van der Waals surface area contributed by atoms with E-state index in [2.05, 4.69) is 6.08 Å². The lowest BCUT2D eigenvalue weighted by Gasteiger charge is -2.67. The fraction of sp³-hybridized carbons (Fsp3) is 0.769. The number of rotatable bonds is 0. The van der Waals surface area contributed by atoms with Crippen LogP contribution in [0.1, 0.15) is 38.5 Å². The third-order valence-electron chi connectivity index (χ3n) is 5.89. The van der Waals surface area contributed by atoms with Crippen molar-refractivity contribution in [1.29, 1.82) is 0 Å². The van der Waals surface area contributed by atoms with Crippen LogP contribution in [0, 0.1) is 22.7 Å². The Morgan fingerprint density at radius 3 is 2.36 bits per heavy atom. The molecule has 2 bridgehead atoms. The number of carbonyl (C=O) groups is 1. The average Bonchev–Trinajstić information content (AvgIpc) is 2.42. The third-order valence-corrected chi connectivity index (χ3v) is 5.89. The first-order valence-corrected chi connectivity index (χ1v) is 6.03. The van der Waals surface area contributed by atoms with Gasteiger partial charge < -0.3 is 0 Å². The number of fused-ring (bicyclic) bond motifs is 2. The van der Waals surface area contributed by atoms with Crippen LogP contribution < -0.4 is 0 Å². The molecule has 0 amide bonds. The second-order valence-corrected chi connectivity index (χ2v) is 5.76. The largest absolute Gasteiger partial charge is 0.294 e. The topological polar surface area (TPSA) is 17.1 Å². The standard InChI is InChI=1S/C13H16O/c14-11-5-6-12-7-8-13(11,12)10-3-1-9(12)2-4-10/h5-6,9-10H,1-4,7-8H2. The van der Waals surface area contributed by atoms with Gasteiger partial charge in [0.15, 0.2) is 5.78 Å². The van der Waals surface area contributed by atoms with Crippen LogP contribution in [0.15, 0.2) is 12.2 Å². The fourth-order valence-electron chi connectivity index (χ4n) is 5.23. The van der Waals surface area contributed by atoms with Gasteiger partial charge in [-0.05, 0) is 56.4 Å². The highest BCUT2D eigenvalue weighted by molar-refractivity contribution is 6.00. The molecule has 1 nitrogen and oxygen atoms in total. The molecule has 5 aliphatic rings. The summed E-state index contributed by atoms with van der Waals surface area (Å²) in [6.07, 6.45) is 12.2. The molecule has 74 valence electrons. The fourth-order valence-corrected chi connectivity index (χ4v) is 5.23. The van der Waals surface area contributed by atoms with Crippen LogP contribution in [-0.2, 0) is 4.79 Å². The van der Waals surface area contributed by atoms with E-state index in [0.717, 1.165) is 11.8 Å². The molecular weight excluding hydrogens is 172 g/mol. The van der Waals surface area contributed by atoms with E-state index in [9.17, 15) is 4.79 Å². The van der Waals surface area contributed by atoms with Gasteiger partial charge in [0.25, 0.3) is 0 Å². The highest BCUT2D eigenvalue weighted by Gasteiger charge is 2.72. The second kappa shape index (κ2) is 2.00. The van der Waals surface area contributed by atoms with Crippen LogP contribution in [-0.4, -0.2) is 5.78 Å². The summed E-state index contributed by atoms with van der Waals surface area (Å²) in [6.45, 7) is 0. The monoisotopic (exact) mass is 188 g/mol. The van der Waals surface area contributed by atoms with Crippen LogP contribution in [0.25, 0.3) is 0 Å². The molecule has 2 atom stereocenters. The first-order chi connectivity index (χ1) is 6.80. The summed E-state index contributed by atoms with van der Waals surface area (Å²) in [6, 6.07) is 0. The molecule has 0 aromatic rings. The van der Waals surface area contributed by atoms with Gasteiger partial charge in [0.1, 0.15) is 0 Å². The van der Waals surface area contributed by atoms with Gasteiger partial charge in [-0.2, -0.15) is 0 Å². The van der Waals surface area contributed by atoms with Crippen molar-refractivity contribution in [2.24, 2.45) is 22.7 Å². The Labute approximate surface area is 84.6 Å². The van der Waals surface area contributed by atoms with Gasteiger partial charge >= 0.3 is 0 Å². The van der Waals surface area contributed by atoms with Gasteiger partial charge in [-0.3, -0.25) is 4.79 Å².